The van der Waals surface area contributed by atoms with Crippen LogP contribution in [0.3, 0.4) is 0 Å². The molecule has 0 aromatic heterocycles. The van der Waals surface area contributed by atoms with Crippen molar-refractivity contribution in [1.82, 2.24) is 5.32 Å². The van der Waals surface area contributed by atoms with E-state index in [-0.39, 0.29) is 5.91 Å². The quantitative estimate of drug-likeness (QED) is 0.885. The predicted molar refractivity (Wildman–Crippen MR) is 69.7 cm³/mol. The maximum absolute atomic E-state index is 12.0. The smallest absolute Gasteiger partial charge is 0.240 e. The van der Waals surface area contributed by atoms with Crippen LogP contribution >= 0.6 is 0 Å². The van der Waals surface area contributed by atoms with Gasteiger partial charge in [0.05, 0.1) is 6.07 Å². The third kappa shape index (κ3) is 2.24. The number of amides is 1. The Hall–Kier alpha value is -1.82. The number of nitriles is 1. The summed E-state index contributed by atoms with van der Waals surface area (Å²) in [5, 5.41) is 12.0. The van der Waals surface area contributed by atoms with Gasteiger partial charge in [0, 0.05) is 6.54 Å². The van der Waals surface area contributed by atoms with Crippen LogP contribution in [0.1, 0.15) is 36.0 Å². The van der Waals surface area contributed by atoms with Gasteiger partial charge in [-0.3, -0.25) is 4.79 Å². The van der Waals surface area contributed by atoms with Crippen molar-refractivity contribution in [2.75, 3.05) is 0 Å². The van der Waals surface area contributed by atoms with Crippen LogP contribution in [0.25, 0.3) is 0 Å². The van der Waals surface area contributed by atoms with Gasteiger partial charge in [-0.2, -0.15) is 5.26 Å². The molecule has 1 amide bonds. The highest BCUT2D eigenvalue weighted by atomic mass is 16.2. The molecule has 0 unspecified atom stereocenters. The molecule has 0 radical (unpaired) electrons. The molecule has 1 fully saturated rings. The lowest BCUT2D eigenvalue weighted by atomic mass is 9.69. The van der Waals surface area contributed by atoms with Crippen LogP contribution in [0.15, 0.2) is 18.2 Å². The zero-order valence-corrected chi connectivity index (χ0v) is 10.9. The van der Waals surface area contributed by atoms with E-state index in [1.807, 2.05) is 6.07 Å². The summed E-state index contributed by atoms with van der Waals surface area (Å²) in [5.74, 6) is -0.116. The van der Waals surface area contributed by atoms with Gasteiger partial charge in [-0.1, -0.05) is 18.2 Å². The van der Waals surface area contributed by atoms with E-state index < -0.39 is 5.41 Å². The number of aryl methyl sites for hydroxylation is 2. The molecule has 1 saturated carbocycles. The zero-order chi connectivity index (χ0) is 13.2. The SMILES string of the molecule is Cc1ccc(CNC(=O)C2(C#N)CCC2)cc1C. The summed E-state index contributed by atoms with van der Waals surface area (Å²) < 4.78 is 0. The first-order chi connectivity index (χ1) is 8.57. The number of nitrogens with zero attached hydrogens (tertiary/aromatic N) is 1. The molecule has 1 N–H and O–H groups in total. The number of hydrogen-bond acceptors (Lipinski definition) is 2. The average Bonchev–Trinajstić information content (AvgIpc) is 2.30. The van der Waals surface area contributed by atoms with Gasteiger partial charge in [0.1, 0.15) is 5.41 Å². The van der Waals surface area contributed by atoms with Gasteiger partial charge in [-0.05, 0) is 49.8 Å². The van der Waals surface area contributed by atoms with Crippen LogP contribution in [0.4, 0.5) is 0 Å². The van der Waals surface area contributed by atoms with E-state index in [2.05, 4.69) is 37.4 Å². The van der Waals surface area contributed by atoms with Crippen LogP contribution in [-0.4, -0.2) is 5.91 Å². The monoisotopic (exact) mass is 242 g/mol. The molecule has 0 spiro atoms. The van der Waals surface area contributed by atoms with Crippen molar-refractivity contribution in [3.63, 3.8) is 0 Å². The van der Waals surface area contributed by atoms with Gasteiger partial charge in [-0.25, -0.2) is 0 Å². The van der Waals surface area contributed by atoms with Crippen LogP contribution in [-0.2, 0) is 11.3 Å². The molecule has 0 heterocycles. The molecule has 1 aliphatic carbocycles. The van der Waals surface area contributed by atoms with Crippen molar-refractivity contribution in [3.8, 4) is 6.07 Å². The van der Waals surface area contributed by atoms with Gasteiger partial charge >= 0.3 is 0 Å². The molecule has 0 atom stereocenters. The van der Waals surface area contributed by atoms with E-state index in [0.717, 1.165) is 12.0 Å². The Morgan fingerprint density at radius 1 is 1.39 bits per heavy atom. The highest BCUT2D eigenvalue weighted by Gasteiger charge is 2.44. The Morgan fingerprint density at radius 3 is 2.61 bits per heavy atom. The van der Waals surface area contributed by atoms with Crippen molar-refractivity contribution < 1.29 is 4.79 Å². The highest BCUT2D eigenvalue weighted by Crippen LogP contribution is 2.40. The second kappa shape index (κ2) is 4.81. The number of nitrogens with one attached hydrogen (secondary N) is 1. The highest BCUT2D eigenvalue weighted by molar-refractivity contribution is 5.86. The van der Waals surface area contributed by atoms with E-state index in [1.165, 1.54) is 11.1 Å². The van der Waals surface area contributed by atoms with Gasteiger partial charge in [0.15, 0.2) is 0 Å². The molecule has 94 valence electrons. The number of carbonyl (C=O) groups excluding carboxylic acids is 1. The summed E-state index contributed by atoms with van der Waals surface area (Å²) >= 11 is 0. The summed E-state index contributed by atoms with van der Waals surface area (Å²) in [6, 6.07) is 8.31. The second-order valence-corrected chi connectivity index (χ2v) is 5.15. The largest absolute Gasteiger partial charge is 0.351 e. The first-order valence-corrected chi connectivity index (χ1v) is 6.33. The second-order valence-electron chi connectivity index (χ2n) is 5.15. The fourth-order valence-corrected chi connectivity index (χ4v) is 2.18. The van der Waals surface area contributed by atoms with Crippen LogP contribution in [0.5, 0.6) is 0 Å². The zero-order valence-electron chi connectivity index (χ0n) is 10.9. The predicted octanol–water partition coefficient (Wildman–Crippen LogP) is 2.61. The van der Waals surface area contributed by atoms with Crippen LogP contribution in [0.2, 0.25) is 0 Å². The third-order valence-corrected chi connectivity index (χ3v) is 3.88. The minimum atomic E-state index is -0.750. The first kappa shape index (κ1) is 12.6. The molecule has 0 aliphatic heterocycles. The van der Waals surface area contributed by atoms with Crippen LogP contribution < -0.4 is 5.32 Å². The average molecular weight is 242 g/mol. The normalized spacial score (nSPS) is 16.5. The summed E-state index contributed by atoms with van der Waals surface area (Å²) in [5.41, 5.74) is 2.80. The minimum absolute atomic E-state index is 0.116. The molecule has 0 saturated heterocycles. The molecule has 1 aromatic rings. The Morgan fingerprint density at radius 2 is 2.11 bits per heavy atom. The third-order valence-electron chi connectivity index (χ3n) is 3.88. The Balaban J connectivity index is 1.97. The van der Waals surface area contributed by atoms with E-state index >= 15 is 0 Å². The summed E-state index contributed by atoms with van der Waals surface area (Å²) in [6.45, 7) is 4.63. The molecule has 1 aliphatic rings. The standard InChI is InChI=1S/C15H18N2O/c1-11-4-5-13(8-12(11)2)9-17-14(18)15(10-16)6-3-7-15/h4-5,8H,3,6-7,9H2,1-2H3,(H,17,18). The van der Waals surface area contributed by atoms with Gasteiger partial charge in [0.2, 0.25) is 5.91 Å². The Labute approximate surface area is 108 Å². The van der Waals surface area contributed by atoms with Gasteiger partial charge < -0.3 is 5.32 Å². The Kier molecular flexibility index (Phi) is 3.38. The topological polar surface area (TPSA) is 52.9 Å². The molecular weight excluding hydrogens is 224 g/mol. The summed E-state index contributed by atoms with van der Waals surface area (Å²) in [6.07, 6.45) is 2.37. The minimum Gasteiger partial charge on any atom is -0.351 e. The Bertz CT molecular complexity index is 510. The van der Waals surface area contributed by atoms with E-state index in [0.29, 0.717) is 19.4 Å². The maximum Gasteiger partial charge on any atom is 0.240 e. The molecular formula is C15H18N2O. The van der Waals surface area contributed by atoms with E-state index in [4.69, 9.17) is 5.26 Å². The van der Waals surface area contributed by atoms with Gasteiger partial charge in [-0.15, -0.1) is 0 Å². The van der Waals surface area contributed by atoms with Crippen molar-refractivity contribution in [1.29, 1.82) is 5.26 Å². The van der Waals surface area contributed by atoms with Crippen molar-refractivity contribution in [3.05, 3.63) is 34.9 Å². The number of carbonyl (C=O) groups is 1. The lowest BCUT2D eigenvalue weighted by Crippen LogP contribution is -2.44. The molecule has 0 bridgehead atoms. The van der Waals surface area contributed by atoms with Crippen molar-refractivity contribution in [2.24, 2.45) is 5.41 Å². The molecule has 2 rings (SSSR count). The fourth-order valence-electron chi connectivity index (χ4n) is 2.18. The maximum atomic E-state index is 12.0. The lowest BCUT2D eigenvalue weighted by molar-refractivity contribution is -0.131. The number of rotatable bonds is 3. The molecule has 3 heteroatoms. The molecule has 3 nitrogen and oxygen atoms in total. The number of hydrogen-bond donors (Lipinski definition) is 1. The fraction of sp³-hybridized carbons (Fsp3) is 0.467. The molecule has 1 aromatic carbocycles. The van der Waals surface area contributed by atoms with Crippen molar-refractivity contribution in [2.45, 2.75) is 39.7 Å². The van der Waals surface area contributed by atoms with E-state index in [1.54, 1.807) is 0 Å². The molecule has 18 heavy (non-hydrogen) atoms. The lowest BCUT2D eigenvalue weighted by Gasteiger charge is -2.33. The first-order valence-electron chi connectivity index (χ1n) is 6.33. The number of benzene rings is 1. The summed E-state index contributed by atoms with van der Waals surface area (Å²) in [4.78, 5) is 12.0. The van der Waals surface area contributed by atoms with Crippen molar-refractivity contribution >= 4 is 5.91 Å². The van der Waals surface area contributed by atoms with Crippen LogP contribution in [0, 0.1) is 30.6 Å². The summed E-state index contributed by atoms with van der Waals surface area (Å²) in [7, 11) is 0. The van der Waals surface area contributed by atoms with E-state index in [9.17, 15) is 4.79 Å². The van der Waals surface area contributed by atoms with Gasteiger partial charge in [0.25, 0.3) is 0 Å².